The van der Waals surface area contributed by atoms with Crippen molar-refractivity contribution in [2.75, 3.05) is 0 Å². The van der Waals surface area contributed by atoms with Gasteiger partial charge in [0.25, 0.3) is 0 Å². The smallest absolute Gasteiger partial charge is 0.419 e. The van der Waals surface area contributed by atoms with Crippen LogP contribution in [0.4, 0.5) is 22.0 Å². The minimum absolute atomic E-state index is 0.103. The molecule has 2 aromatic rings. The minimum atomic E-state index is -5.13. The maximum Gasteiger partial charge on any atom is 0.419 e. The van der Waals surface area contributed by atoms with Crippen LogP contribution in [-0.4, -0.2) is 11.1 Å². The third-order valence-corrected chi connectivity index (χ3v) is 4.29. The number of carboxylic acids is 1. The third-order valence-electron chi connectivity index (χ3n) is 4.07. The van der Waals surface area contributed by atoms with E-state index in [2.05, 4.69) is 0 Å². The summed E-state index contributed by atoms with van der Waals surface area (Å²) in [5.74, 6) is -4.75. The monoisotopic (exact) mass is 407 g/mol. The van der Waals surface area contributed by atoms with E-state index in [0.29, 0.717) is 22.2 Å². The Labute approximate surface area is 156 Å². The van der Waals surface area contributed by atoms with Crippen LogP contribution in [0.1, 0.15) is 34.7 Å². The van der Waals surface area contributed by atoms with Gasteiger partial charge < -0.3 is 10.8 Å². The quantitative estimate of drug-likeness (QED) is 0.667. The molecule has 1 atom stereocenters. The number of hydrogen-bond acceptors (Lipinski definition) is 2. The molecule has 1 unspecified atom stereocenters. The molecule has 27 heavy (non-hydrogen) atoms. The van der Waals surface area contributed by atoms with Crippen LogP contribution < -0.4 is 5.73 Å². The van der Waals surface area contributed by atoms with Crippen molar-refractivity contribution >= 4 is 17.6 Å². The average molecular weight is 408 g/mol. The maximum atomic E-state index is 15.0. The number of carbonyl (C=O) groups is 1. The van der Waals surface area contributed by atoms with Crippen LogP contribution >= 0.6 is 11.6 Å². The Bertz CT molecular complexity index is 889. The molecule has 0 aliphatic carbocycles. The number of aryl methyl sites for hydroxylation is 2. The van der Waals surface area contributed by atoms with Crippen LogP contribution in [0.25, 0.3) is 11.1 Å². The molecular formula is C18H15ClF5NO2. The van der Waals surface area contributed by atoms with E-state index in [0.717, 1.165) is 0 Å². The molecule has 0 radical (unpaired) electrons. The molecule has 0 aliphatic rings. The molecular weight excluding hydrogens is 393 g/mol. The number of benzene rings is 2. The molecule has 2 rings (SSSR count). The summed E-state index contributed by atoms with van der Waals surface area (Å²) in [6.45, 7) is 3.03. The summed E-state index contributed by atoms with van der Waals surface area (Å²) in [4.78, 5) is 10.8. The van der Waals surface area contributed by atoms with Crippen molar-refractivity contribution in [3.63, 3.8) is 0 Å². The predicted molar refractivity (Wildman–Crippen MR) is 90.5 cm³/mol. The van der Waals surface area contributed by atoms with Gasteiger partial charge >= 0.3 is 12.1 Å². The Morgan fingerprint density at radius 3 is 2.11 bits per heavy atom. The number of aliphatic carboxylic acids is 1. The van der Waals surface area contributed by atoms with Crippen molar-refractivity contribution in [2.24, 2.45) is 5.73 Å². The van der Waals surface area contributed by atoms with Gasteiger partial charge in [0, 0.05) is 22.2 Å². The first-order valence-corrected chi connectivity index (χ1v) is 8.06. The molecule has 0 aliphatic heterocycles. The Balaban J connectivity index is 2.89. The zero-order chi connectivity index (χ0) is 20.7. The Kier molecular flexibility index (Phi) is 5.82. The van der Waals surface area contributed by atoms with Crippen molar-refractivity contribution < 1.29 is 31.9 Å². The number of rotatable bonds is 4. The Morgan fingerprint density at radius 1 is 1.15 bits per heavy atom. The molecule has 0 fully saturated rings. The van der Waals surface area contributed by atoms with E-state index in [9.17, 15) is 22.4 Å². The summed E-state index contributed by atoms with van der Waals surface area (Å²) < 4.78 is 69.4. The summed E-state index contributed by atoms with van der Waals surface area (Å²) in [5.41, 5.74) is 3.00. The highest BCUT2D eigenvalue weighted by atomic mass is 35.5. The van der Waals surface area contributed by atoms with Gasteiger partial charge in [0.15, 0.2) is 0 Å². The lowest BCUT2D eigenvalue weighted by atomic mass is 9.89. The highest BCUT2D eigenvalue weighted by Gasteiger charge is 2.39. The molecule has 9 heteroatoms. The summed E-state index contributed by atoms with van der Waals surface area (Å²) in [7, 11) is 0. The van der Waals surface area contributed by atoms with Gasteiger partial charge in [-0.25, -0.2) is 8.78 Å². The van der Waals surface area contributed by atoms with Gasteiger partial charge in [-0.05, 0) is 48.7 Å². The second-order valence-electron chi connectivity index (χ2n) is 6.13. The van der Waals surface area contributed by atoms with Gasteiger partial charge in [-0.2, -0.15) is 13.2 Å². The Hall–Kier alpha value is -2.19. The lowest BCUT2D eigenvalue weighted by Gasteiger charge is -2.21. The maximum absolute atomic E-state index is 15.0. The number of nitrogens with two attached hydrogens (primary N) is 1. The lowest BCUT2D eigenvalue weighted by Crippen LogP contribution is -2.21. The van der Waals surface area contributed by atoms with Crippen molar-refractivity contribution in [1.82, 2.24) is 0 Å². The highest BCUT2D eigenvalue weighted by molar-refractivity contribution is 6.30. The van der Waals surface area contributed by atoms with Crippen molar-refractivity contribution in [3.8, 4) is 11.1 Å². The van der Waals surface area contributed by atoms with E-state index in [-0.39, 0.29) is 5.56 Å². The van der Waals surface area contributed by atoms with Crippen LogP contribution in [0, 0.1) is 25.5 Å². The second-order valence-corrected chi connectivity index (χ2v) is 6.57. The van der Waals surface area contributed by atoms with Crippen molar-refractivity contribution in [3.05, 3.63) is 57.1 Å². The fourth-order valence-electron chi connectivity index (χ4n) is 3.00. The van der Waals surface area contributed by atoms with Crippen LogP contribution in [0.2, 0.25) is 5.02 Å². The van der Waals surface area contributed by atoms with Gasteiger partial charge in [-0.15, -0.1) is 0 Å². The molecule has 3 N–H and O–H groups in total. The SMILES string of the molecule is Cc1cc(Cl)cc(C)c1-c1cc(C(F)(F)F)c(F)c(C(N)CC(=O)O)c1F. The minimum Gasteiger partial charge on any atom is -0.481 e. The van der Waals surface area contributed by atoms with Crippen molar-refractivity contribution in [2.45, 2.75) is 32.5 Å². The van der Waals surface area contributed by atoms with Gasteiger partial charge in [-0.1, -0.05) is 11.6 Å². The van der Waals surface area contributed by atoms with Gasteiger partial charge in [0.1, 0.15) is 11.6 Å². The molecule has 0 saturated heterocycles. The van der Waals surface area contributed by atoms with Crippen LogP contribution in [-0.2, 0) is 11.0 Å². The van der Waals surface area contributed by atoms with Gasteiger partial charge in [0.2, 0.25) is 0 Å². The first-order chi connectivity index (χ1) is 12.3. The summed E-state index contributed by atoms with van der Waals surface area (Å²) in [6.07, 6.45) is -6.06. The number of alkyl halides is 3. The topological polar surface area (TPSA) is 63.3 Å². The molecule has 3 nitrogen and oxygen atoms in total. The van der Waals surface area contributed by atoms with E-state index >= 15 is 4.39 Å². The average Bonchev–Trinajstić information content (AvgIpc) is 2.46. The zero-order valence-electron chi connectivity index (χ0n) is 14.2. The zero-order valence-corrected chi connectivity index (χ0v) is 15.0. The first-order valence-electron chi connectivity index (χ1n) is 7.68. The number of carboxylic acid groups (broad SMARTS) is 1. The predicted octanol–water partition coefficient (Wildman–Crippen LogP) is 5.40. The number of hydrogen-bond donors (Lipinski definition) is 2. The van der Waals surface area contributed by atoms with Crippen molar-refractivity contribution in [1.29, 1.82) is 0 Å². The lowest BCUT2D eigenvalue weighted by molar-refractivity contribution is -0.140. The van der Waals surface area contributed by atoms with Gasteiger partial charge in [-0.3, -0.25) is 4.79 Å². The molecule has 0 heterocycles. The fraction of sp³-hybridized carbons (Fsp3) is 0.278. The van der Waals surface area contributed by atoms with Gasteiger partial charge in [0.05, 0.1) is 12.0 Å². The molecule has 0 aromatic heterocycles. The fourth-order valence-corrected chi connectivity index (χ4v) is 3.32. The molecule has 0 amide bonds. The normalized spacial score (nSPS) is 12.9. The highest BCUT2D eigenvalue weighted by Crippen LogP contribution is 2.41. The van der Waals surface area contributed by atoms with E-state index in [4.69, 9.17) is 22.4 Å². The summed E-state index contributed by atoms with van der Waals surface area (Å²) in [5, 5.41) is 9.10. The molecule has 0 saturated carbocycles. The van der Waals surface area contributed by atoms with Crippen LogP contribution in [0.5, 0.6) is 0 Å². The second kappa shape index (κ2) is 7.44. The van der Waals surface area contributed by atoms with Crippen LogP contribution in [0.15, 0.2) is 18.2 Å². The number of halogens is 6. The van der Waals surface area contributed by atoms with E-state index in [1.165, 1.54) is 26.0 Å². The molecule has 0 bridgehead atoms. The van der Waals surface area contributed by atoms with E-state index in [1.54, 1.807) is 0 Å². The van der Waals surface area contributed by atoms with E-state index in [1.807, 2.05) is 0 Å². The molecule has 0 spiro atoms. The van der Waals surface area contributed by atoms with Crippen LogP contribution in [0.3, 0.4) is 0 Å². The summed E-state index contributed by atoms with van der Waals surface area (Å²) >= 11 is 5.90. The molecule has 146 valence electrons. The first kappa shape index (κ1) is 21.1. The largest absolute Gasteiger partial charge is 0.481 e. The third kappa shape index (κ3) is 4.22. The van der Waals surface area contributed by atoms with E-state index < -0.39 is 52.9 Å². The standard InChI is InChI=1S/C18H15ClF5NO2/c1-7-3-9(19)4-8(2)14(7)10-5-11(18(22,23)24)17(21)15(16(10)20)12(25)6-13(26)27/h3-5,12H,6,25H2,1-2H3,(H,26,27). The molecule has 2 aromatic carbocycles. The summed E-state index contributed by atoms with van der Waals surface area (Å²) in [6, 6.07) is 1.43. The Morgan fingerprint density at radius 2 is 1.67 bits per heavy atom.